The highest BCUT2D eigenvalue weighted by atomic mass is 32.2. The number of alkyl halides is 3. The Balaban J connectivity index is 1.59. The van der Waals surface area contributed by atoms with Crippen molar-refractivity contribution in [3.05, 3.63) is 40.3 Å². The van der Waals surface area contributed by atoms with Gasteiger partial charge in [-0.2, -0.15) is 26.6 Å². The average Bonchev–Trinajstić information content (AvgIpc) is 2.71. The van der Waals surface area contributed by atoms with E-state index in [4.69, 9.17) is 14.2 Å². The summed E-state index contributed by atoms with van der Waals surface area (Å²) in [5.74, 6) is -0.398. The first-order valence-corrected chi connectivity index (χ1v) is 10.6. The van der Waals surface area contributed by atoms with Gasteiger partial charge in [-0.25, -0.2) is 4.79 Å². The summed E-state index contributed by atoms with van der Waals surface area (Å²) in [5, 5.41) is 0. The lowest BCUT2D eigenvalue weighted by Crippen LogP contribution is -2.34. The van der Waals surface area contributed by atoms with Crippen LogP contribution in [0.5, 0.6) is 11.6 Å². The second-order valence-electron chi connectivity index (χ2n) is 6.84. The molecule has 9 nitrogen and oxygen atoms in total. The number of rotatable bonds is 5. The van der Waals surface area contributed by atoms with Crippen LogP contribution in [0.15, 0.2) is 29.1 Å². The highest BCUT2D eigenvalue weighted by Gasteiger charge is 2.48. The molecule has 0 bridgehead atoms. The third kappa shape index (κ3) is 4.52. The molecule has 0 radical (unpaired) electrons. The molecular weight excluding hydrogens is 445 g/mol. The van der Waals surface area contributed by atoms with Gasteiger partial charge in [-0.05, 0) is 30.2 Å². The SMILES string of the molecule is O=c1nc(OC[C@@H]2COCCO2)cc2n1CCc1cc(OS(=O)(=O)C(F)(F)F)ccc1-2. The largest absolute Gasteiger partial charge is 0.534 e. The van der Waals surface area contributed by atoms with Crippen molar-refractivity contribution in [2.45, 2.75) is 24.6 Å². The number of nitrogens with zero attached hydrogens (tertiary/aromatic N) is 2. The Morgan fingerprint density at radius 1 is 1.23 bits per heavy atom. The molecule has 1 atom stereocenters. The van der Waals surface area contributed by atoms with Gasteiger partial charge in [-0.1, -0.05) is 0 Å². The third-order valence-corrected chi connectivity index (χ3v) is 5.72. The number of aryl methyl sites for hydroxylation is 1. The van der Waals surface area contributed by atoms with Crippen molar-refractivity contribution < 1.29 is 40.0 Å². The summed E-state index contributed by atoms with van der Waals surface area (Å²) >= 11 is 0. The summed E-state index contributed by atoms with van der Waals surface area (Å²) in [6, 6.07) is 5.23. The standard InChI is InChI=1S/C18H17F3N2O7S/c19-18(20,21)31(25,26)30-12-1-2-14-11(7-12)3-4-23-15(14)8-16(22-17(23)24)29-10-13-9-27-5-6-28-13/h1-2,7-8,13H,3-6,9-10H2/t13-/m0/s1. The maximum atomic E-state index is 12.6. The first kappa shape index (κ1) is 21.6. The lowest BCUT2D eigenvalue weighted by molar-refractivity contribution is -0.102. The quantitative estimate of drug-likeness (QED) is 0.486. The van der Waals surface area contributed by atoms with Crippen molar-refractivity contribution in [3.8, 4) is 22.9 Å². The van der Waals surface area contributed by atoms with Crippen LogP contribution in [-0.2, 0) is 32.6 Å². The van der Waals surface area contributed by atoms with E-state index in [1.54, 1.807) is 0 Å². The van der Waals surface area contributed by atoms with E-state index < -0.39 is 27.1 Å². The maximum absolute atomic E-state index is 12.6. The fraction of sp³-hybridized carbons (Fsp3) is 0.444. The fourth-order valence-corrected chi connectivity index (χ4v) is 3.75. The van der Waals surface area contributed by atoms with Gasteiger partial charge in [0.1, 0.15) is 18.5 Å². The molecule has 2 aliphatic rings. The van der Waals surface area contributed by atoms with E-state index in [9.17, 15) is 26.4 Å². The molecule has 13 heteroatoms. The fourth-order valence-electron chi connectivity index (χ4n) is 3.29. The number of fused-ring (bicyclic) bond motifs is 3. The summed E-state index contributed by atoms with van der Waals surface area (Å²) < 4.78 is 82.1. The molecule has 1 aromatic heterocycles. The molecule has 0 unspecified atom stereocenters. The Morgan fingerprint density at radius 3 is 2.74 bits per heavy atom. The second-order valence-corrected chi connectivity index (χ2v) is 8.38. The van der Waals surface area contributed by atoms with Gasteiger partial charge in [-0.3, -0.25) is 4.57 Å². The van der Waals surface area contributed by atoms with Gasteiger partial charge >= 0.3 is 21.3 Å². The summed E-state index contributed by atoms with van der Waals surface area (Å²) in [6.07, 6.45) is -0.0161. The van der Waals surface area contributed by atoms with Crippen LogP contribution in [0.4, 0.5) is 13.2 Å². The van der Waals surface area contributed by atoms with Crippen LogP contribution in [-0.4, -0.2) is 56.0 Å². The molecule has 3 heterocycles. The predicted molar refractivity (Wildman–Crippen MR) is 99.3 cm³/mol. The van der Waals surface area contributed by atoms with Gasteiger partial charge < -0.3 is 18.4 Å². The predicted octanol–water partition coefficient (Wildman–Crippen LogP) is 1.49. The number of benzene rings is 1. The van der Waals surface area contributed by atoms with Crippen LogP contribution in [0.1, 0.15) is 5.56 Å². The Morgan fingerprint density at radius 2 is 2.03 bits per heavy atom. The first-order valence-electron chi connectivity index (χ1n) is 9.22. The molecule has 0 aliphatic carbocycles. The summed E-state index contributed by atoms with van der Waals surface area (Å²) in [7, 11) is -5.78. The van der Waals surface area contributed by atoms with E-state index in [-0.39, 0.29) is 31.6 Å². The van der Waals surface area contributed by atoms with Gasteiger partial charge in [0.05, 0.1) is 25.5 Å². The minimum Gasteiger partial charge on any atom is -0.475 e. The van der Waals surface area contributed by atoms with Crippen LogP contribution < -0.4 is 14.6 Å². The molecule has 1 saturated heterocycles. The molecule has 0 amide bonds. The summed E-state index contributed by atoms with van der Waals surface area (Å²) in [6.45, 7) is 1.64. The molecule has 2 aliphatic heterocycles. The van der Waals surface area contributed by atoms with Crippen molar-refractivity contribution >= 4 is 10.1 Å². The molecule has 0 N–H and O–H groups in total. The molecule has 4 rings (SSSR count). The number of hydrogen-bond acceptors (Lipinski definition) is 8. The summed E-state index contributed by atoms with van der Waals surface area (Å²) in [4.78, 5) is 16.3. The van der Waals surface area contributed by atoms with Crippen molar-refractivity contribution in [3.63, 3.8) is 0 Å². The zero-order chi connectivity index (χ0) is 22.2. The smallest absolute Gasteiger partial charge is 0.475 e. The van der Waals surface area contributed by atoms with Crippen molar-refractivity contribution in [2.75, 3.05) is 26.4 Å². The van der Waals surface area contributed by atoms with Crippen molar-refractivity contribution in [1.29, 1.82) is 0 Å². The lowest BCUT2D eigenvalue weighted by atomic mass is 9.97. The minimum atomic E-state index is -5.78. The van der Waals surface area contributed by atoms with Crippen molar-refractivity contribution in [1.82, 2.24) is 9.55 Å². The lowest BCUT2D eigenvalue weighted by Gasteiger charge is -2.24. The Hall–Kier alpha value is -2.64. The number of aromatic nitrogens is 2. The van der Waals surface area contributed by atoms with E-state index in [0.29, 0.717) is 36.6 Å². The Bertz CT molecular complexity index is 1140. The van der Waals surface area contributed by atoms with E-state index in [1.807, 2.05) is 0 Å². The van der Waals surface area contributed by atoms with Crippen LogP contribution in [0.3, 0.4) is 0 Å². The van der Waals surface area contributed by atoms with E-state index >= 15 is 0 Å². The van der Waals surface area contributed by atoms with E-state index in [0.717, 1.165) is 6.07 Å². The molecule has 1 aromatic carbocycles. The van der Waals surface area contributed by atoms with Gasteiger partial charge in [0.2, 0.25) is 5.88 Å². The minimum absolute atomic E-state index is 0.0678. The molecule has 168 valence electrons. The topological polar surface area (TPSA) is 106 Å². The van der Waals surface area contributed by atoms with Crippen LogP contribution >= 0.6 is 0 Å². The maximum Gasteiger partial charge on any atom is 0.534 e. The highest BCUT2D eigenvalue weighted by Crippen LogP contribution is 2.34. The van der Waals surface area contributed by atoms with Crippen LogP contribution in [0.25, 0.3) is 11.3 Å². The zero-order valence-electron chi connectivity index (χ0n) is 15.9. The van der Waals surface area contributed by atoms with Crippen LogP contribution in [0.2, 0.25) is 0 Å². The second kappa shape index (κ2) is 8.13. The monoisotopic (exact) mass is 462 g/mol. The zero-order valence-corrected chi connectivity index (χ0v) is 16.7. The Kier molecular flexibility index (Phi) is 5.66. The van der Waals surface area contributed by atoms with Gasteiger partial charge in [-0.15, -0.1) is 0 Å². The Labute approximate surface area is 174 Å². The number of ether oxygens (including phenoxy) is 3. The first-order chi connectivity index (χ1) is 14.6. The molecular formula is C18H17F3N2O7S. The van der Waals surface area contributed by atoms with Gasteiger partial charge in [0.15, 0.2) is 0 Å². The molecule has 1 fully saturated rings. The van der Waals surface area contributed by atoms with E-state index in [2.05, 4.69) is 9.17 Å². The number of hydrogen-bond donors (Lipinski definition) is 0. The highest BCUT2D eigenvalue weighted by molar-refractivity contribution is 7.88. The van der Waals surface area contributed by atoms with Gasteiger partial charge in [0, 0.05) is 18.2 Å². The molecule has 0 spiro atoms. The van der Waals surface area contributed by atoms with Crippen LogP contribution in [0, 0.1) is 0 Å². The summed E-state index contributed by atoms with van der Waals surface area (Å²) in [5.41, 5.74) is -4.57. The van der Waals surface area contributed by atoms with Gasteiger partial charge in [0.25, 0.3) is 0 Å². The number of halogens is 3. The molecule has 2 aromatic rings. The normalized spacial score (nSPS) is 18.7. The average molecular weight is 462 g/mol. The third-order valence-electron chi connectivity index (χ3n) is 4.74. The molecule has 0 saturated carbocycles. The van der Waals surface area contributed by atoms with E-state index in [1.165, 1.54) is 22.8 Å². The molecule has 31 heavy (non-hydrogen) atoms. The van der Waals surface area contributed by atoms with Crippen molar-refractivity contribution in [2.24, 2.45) is 0 Å².